The Bertz CT molecular complexity index is 1340. The van der Waals surface area contributed by atoms with Crippen molar-refractivity contribution in [3.63, 3.8) is 0 Å². The van der Waals surface area contributed by atoms with Gasteiger partial charge in [-0.05, 0) is 86.6 Å². The minimum atomic E-state index is -0.332. The van der Waals surface area contributed by atoms with E-state index in [0.29, 0.717) is 24.1 Å². The highest BCUT2D eigenvalue weighted by Crippen LogP contribution is 2.44. The Balaban J connectivity index is 1.62. The molecule has 0 spiro atoms. The second-order valence-electron chi connectivity index (χ2n) is 11.6. The number of nitrogen functional groups attached to an aromatic ring is 1. The Morgan fingerprint density at radius 3 is 2.50 bits per heavy atom. The molecule has 210 valence electrons. The molecule has 2 heterocycles. The van der Waals surface area contributed by atoms with Crippen LogP contribution in [0.25, 0.3) is 0 Å². The number of benzene rings is 3. The average molecular weight is 538 g/mol. The standard InChI is InChI=1S/C34H43N5O/c1-4-5-17-32(39-22(2)11-9-12-23(39)3)30-19-27(37-26-15-7-6-8-16-26)20-31-29(30)21-28(34(40)38-31)24-13-10-14-25(18-24)33(35)36/h6-8,10,13-16,18-20,22-23,28,32,37H,4-5,9,11-12,17,21H2,1-3H3,(H3,35,36)(H,38,40). The van der Waals surface area contributed by atoms with Crippen molar-refractivity contribution in [1.29, 1.82) is 5.41 Å². The van der Waals surface area contributed by atoms with Crippen molar-refractivity contribution in [3.05, 3.63) is 89.0 Å². The lowest BCUT2D eigenvalue weighted by Gasteiger charge is -2.46. The molecule has 40 heavy (non-hydrogen) atoms. The fraction of sp³-hybridized carbons (Fsp3) is 0.412. The number of nitrogens with zero attached hydrogens (tertiary/aromatic N) is 1. The van der Waals surface area contributed by atoms with Gasteiger partial charge in [0.2, 0.25) is 5.91 Å². The van der Waals surface area contributed by atoms with Crippen LogP contribution in [0.1, 0.15) is 93.5 Å². The number of carbonyl (C=O) groups is 1. The number of fused-ring (bicyclic) bond motifs is 1. The van der Waals surface area contributed by atoms with Crippen LogP contribution in [0.5, 0.6) is 0 Å². The van der Waals surface area contributed by atoms with E-state index in [4.69, 9.17) is 11.1 Å². The average Bonchev–Trinajstić information content (AvgIpc) is 2.94. The maximum absolute atomic E-state index is 13.5. The topological polar surface area (TPSA) is 94.2 Å². The molecule has 0 bridgehead atoms. The molecule has 1 fully saturated rings. The van der Waals surface area contributed by atoms with E-state index in [0.717, 1.165) is 41.9 Å². The van der Waals surface area contributed by atoms with Crippen LogP contribution in [0, 0.1) is 5.41 Å². The number of rotatable bonds is 9. The van der Waals surface area contributed by atoms with Gasteiger partial charge in [0.05, 0.1) is 5.92 Å². The van der Waals surface area contributed by atoms with Gasteiger partial charge in [0, 0.05) is 40.8 Å². The molecule has 3 aromatic rings. The summed E-state index contributed by atoms with van der Waals surface area (Å²) in [5, 5.41) is 14.8. The van der Waals surface area contributed by atoms with Crippen LogP contribution in [0.2, 0.25) is 0 Å². The third kappa shape index (κ3) is 5.92. The Kier molecular flexibility index (Phi) is 8.55. The van der Waals surface area contributed by atoms with Gasteiger partial charge in [0.1, 0.15) is 5.84 Å². The van der Waals surface area contributed by atoms with Crippen LogP contribution in [0.15, 0.2) is 66.7 Å². The number of amidine groups is 1. The van der Waals surface area contributed by atoms with Crippen LogP contribution in [-0.2, 0) is 11.2 Å². The van der Waals surface area contributed by atoms with Gasteiger partial charge in [-0.15, -0.1) is 0 Å². The molecule has 0 aliphatic carbocycles. The van der Waals surface area contributed by atoms with E-state index in [1.165, 1.54) is 30.4 Å². The molecule has 6 nitrogen and oxygen atoms in total. The Labute approximate surface area is 238 Å². The number of hydrogen-bond acceptors (Lipinski definition) is 4. The summed E-state index contributed by atoms with van der Waals surface area (Å²) in [5.41, 5.74) is 12.8. The summed E-state index contributed by atoms with van der Waals surface area (Å²) in [5.74, 6) is -0.328. The lowest BCUT2D eigenvalue weighted by Crippen LogP contribution is -2.46. The summed E-state index contributed by atoms with van der Waals surface area (Å²) in [6.07, 6.45) is 7.73. The SMILES string of the molecule is CCCCC(c1cc(Nc2ccccc2)cc2c1CC(c1cccc(C(=N)N)c1)C(=O)N2)N1C(C)CCCC1C. The molecule has 2 aliphatic rings. The predicted octanol–water partition coefficient (Wildman–Crippen LogP) is 7.49. The molecule has 2 aliphatic heterocycles. The number of carbonyl (C=O) groups excluding carboxylic acids is 1. The highest BCUT2D eigenvalue weighted by atomic mass is 16.1. The van der Waals surface area contributed by atoms with E-state index in [1.807, 2.05) is 42.5 Å². The van der Waals surface area contributed by atoms with Crippen LogP contribution in [0.4, 0.5) is 17.1 Å². The second kappa shape index (κ2) is 12.3. The van der Waals surface area contributed by atoms with Crippen molar-refractivity contribution in [3.8, 4) is 0 Å². The smallest absolute Gasteiger partial charge is 0.232 e. The molecular weight excluding hydrogens is 494 g/mol. The van der Waals surface area contributed by atoms with E-state index in [1.54, 1.807) is 0 Å². The summed E-state index contributed by atoms with van der Waals surface area (Å²) in [7, 11) is 0. The largest absolute Gasteiger partial charge is 0.384 e. The zero-order chi connectivity index (χ0) is 28.2. The van der Waals surface area contributed by atoms with Crippen molar-refractivity contribution >= 4 is 28.8 Å². The van der Waals surface area contributed by atoms with Gasteiger partial charge in [-0.1, -0.05) is 62.6 Å². The number of anilines is 3. The highest BCUT2D eigenvalue weighted by molar-refractivity contribution is 6.01. The molecule has 5 N–H and O–H groups in total. The fourth-order valence-electron chi connectivity index (χ4n) is 6.72. The van der Waals surface area contributed by atoms with E-state index in [2.05, 4.69) is 60.6 Å². The van der Waals surface area contributed by atoms with Gasteiger partial charge >= 0.3 is 0 Å². The normalized spacial score (nSPS) is 21.8. The number of piperidine rings is 1. The summed E-state index contributed by atoms with van der Waals surface area (Å²) in [4.78, 5) is 16.3. The molecule has 0 radical (unpaired) electrons. The second-order valence-corrected chi connectivity index (χ2v) is 11.6. The molecule has 3 aromatic carbocycles. The van der Waals surface area contributed by atoms with Gasteiger partial charge in [0.15, 0.2) is 0 Å². The number of para-hydroxylation sites is 1. The van der Waals surface area contributed by atoms with Crippen molar-refractivity contribution in [2.24, 2.45) is 5.73 Å². The van der Waals surface area contributed by atoms with Crippen LogP contribution in [-0.4, -0.2) is 28.7 Å². The maximum atomic E-state index is 13.5. The zero-order valence-corrected chi connectivity index (χ0v) is 24.0. The first kappa shape index (κ1) is 27.9. The number of likely N-dealkylation sites (tertiary alicyclic amines) is 1. The zero-order valence-electron chi connectivity index (χ0n) is 24.0. The van der Waals surface area contributed by atoms with Crippen molar-refractivity contribution < 1.29 is 4.79 Å². The first-order chi connectivity index (χ1) is 19.4. The molecule has 5 rings (SSSR count). The van der Waals surface area contributed by atoms with Gasteiger partial charge in [-0.2, -0.15) is 0 Å². The Hall–Kier alpha value is -3.64. The summed E-state index contributed by atoms with van der Waals surface area (Å²) < 4.78 is 0. The quantitative estimate of drug-likeness (QED) is 0.168. The van der Waals surface area contributed by atoms with Crippen molar-refractivity contribution in [2.45, 2.75) is 89.8 Å². The minimum Gasteiger partial charge on any atom is -0.384 e. The van der Waals surface area contributed by atoms with E-state index in [-0.39, 0.29) is 23.7 Å². The number of hydrogen-bond donors (Lipinski definition) is 4. The van der Waals surface area contributed by atoms with Crippen LogP contribution in [0.3, 0.4) is 0 Å². The van der Waals surface area contributed by atoms with Gasteiger partial charge < -0.3 is 16.4 Å². The number of nitrogens with one attached hydrogen (secondary N) is 3. The minimum absolute atomic E-state index is 0.0131. The lowest BCUT2D eigenvalue weighted by atomic mass is 9.81. The van der Waals surface area contributed by atoms with Crippen molar-refractivity contribution in [1.82, 2.24) is 4.90 Å². The highest BCUT2D eigenvalue weighted by Gasteiger charge is 2.36. The molecule has 1 amide bonds. The number of nitrogens with two attached hydrogens (primary N) is 1. The van der Waals surface area contributed by atoms with Crippen LogP contribution < -0.4 is 16.4 Å². The monoisotopic (exact) mass is 537 g/mol. The Morgan fingerprint density at radius 1 is 1.05 bits per heavy atom. The first-order valence-electron chi connectivity index (χ1n) is 14.9. The van der Waals surface area contributed by atoms with Crippen molar-refractivity contribution in [2.75, 3.05) is 10.6 Å². The first-order valence-corrected chi connectivity index (χ1v) is 14.9. The van der Waals surface area contributed by atoms with Gasteiger partial charge in [-0.25, -0.2) is 0 Å². The molecule has 4 unspecified atom stereocenters. The maximum Gasteiger partial charge on any atom is 0.232 e. The van der Waals surface area contributed by atoms with Gasteiger partial charge in [0.25, 0.3) is 0 Å². The predicted molar refractivity (Wildman–Crippen MR) is 166 cm³/mol. The van der Waals surface area contributed by atoms with Crippen LogP contribution >= 0.6 is 0 Å². The number of unbranched alkanes of at least 4 members (excludes halogenated alkanes) is 1. The fourth-order valence-corrected chi connectivity index (χ4v) is 6.72. The number of amides is 1. The van der Waals surface area contributed by atoms with Gasteiger partial charge in [-0.3, -0.25) is 15.1 Å². The molecule has 6 heteroatoms. The van der Waals surface area contributed by atoms with E-state index < -0.39 is 0 Å². The molecule has 0 saturated carbocycles. The molecular formula is C34H43N5O. The third-order valence-electron chi connectivity index (χ3n) is 8.74. The Morgan fingerprint density at radius 2 is 1.80 bits per heavy atom. The molecule has 4 atom stereocenters. The van der Waals surface area contributed by atoms with E-state index >= 15 is 0 Å². The molecule has 0 aromatic heterocycles. The third-order valence-corrected chi connectivity index (χ3v) is 8.74. The summed E-state index contributed by atoms with van der Waals surface area (Å²) in [6.45, 7) is 7.02. The summed E-state index contributed by atoms with van der Waals surface area (Å²) in [6, 6.07) is 23.5. The van der Waals surface area contributed by atoms with E-state index in [9.17, 15) is 4.79 Å². The molecule has 1 saturated heterocycles. The lowest BCUT2D eigenvalue weighted by molar-refractivity contribution is -0.117. The summed E-state index contributed by atoms with van der Waals surface area (Å²) >= 11 is 0.